The third-order valence-corrected chi connectivity index (χ3v) is 3.21. The van der Waals surface area contributed by atoms with Gasteiger partial charge in [-0.2, -0.15) is 0 Å². The van der Waals surface area contributed by atoms with Crippen molar-refractivity contribution in [1.29, 1.82) is 0 Å². The molecule has 1 rings (SSSR count). The number of nitrogens with one attached hydrogen (secondary N) is 1. The average molecular weight is 213 g/mol. The van der Waals surface area contributed by atoms with Gasteiger partial charge in [0.25, 0.3) is 0 Å². The van der Waals surface area contributed by atoms with Gasteiger partial charge in [0.05, 0.1) is 12.7 Å². The summed E-state index contributed by atoms with van der Waals surface area (Å²) in [5.74, 6) is 0.985. The minimum absolute atomic E-state index is 0.358. The fourth-order valence-electron chi connectivity index (χ4n) is 2.43. The first-order valence-electron chi connectivity index (χ1n) is 6.53. The Hall–Kier alpha value is -0.0800. The highest BCUT2D eigenvalue weighted by Crippen LogP contribution is 2.28. The fourth-order valence-corrected chi connectivity index (χ4v) is 2.43. The van der Waals surface area contributed by atoms with Crippen LogP contribution in [0.25, 0.3) is 0 Å². The highest BCUT2D eigenvalue weighted by molar-refractivity contribution is 4.72. The van der Waals surface area contributed by atoms with Crippen LogP contribution in [0.15, 0.2) is 0 Å². The Morgan fingerprint density at radius 3 is 2.47 bits per heavy atom. The van der Waals surface area contributed by atoms with Crippen LogP contribution in [0.4, 0.5) is 0 Å². The lowest BCUT2D eigenvalue weighted by atomic mass is 9.99. The van der Waals surface area contributed by atoms with E-state index >= 15 is 0 Å². The van der Waals surface area contributed by atoms with Crippen molar-refractivity contribution in [2.24, 2.45) is 5.92 Å². The standard InChI is InChI=1S/C13H27NO/c1-11(2)15-9-8-14-12(3)10-13-6-4-5-7-13/h11-14H,4-10H2,1-3H3. The van der Waals surface area contributed by atoms with Crippen LogP contribution in [0.5, 0.6) is 0 Å². The van der Waals surface area contributed by atoms with Crippen LogP contribution in [0, 0.1) is 5.92 Å². The van der Waals surface area contributed by atoms with Gasteiger partial charge in [0.15, 0.2) is 0 Å². The van der Waals surface area contributed by atoms with Gasteiger partial charge in [-0.05, 0) is 33.1 Å². The number of hydrogen-bond acceptors (Lipinski definition) is 2. The molecule has 1 unspecified atom stereocenters. The summed E-state index contributed by atoms with van der Waals surface area (Å²) in [6.07, 6.45) is 7.52. The largest absolute Gasteiger partial charge is 0.377 e. The van der Waals surface area contributed by atoms with Crippen LogP contribution in [-0.2, 0) is 4.74 Å². The lowest BCUT2D eigenvalue weighted by molar-refractivity contribution is 0.0791. The monoisotopic (exact) mass is 213 g/mol. The summed E-state index contributed by atoms with van der Waals surface area (Å²) < 4.78 is 5.50. The van der Waals surface area contributed by atoms with Crippen molar-refractivity contribution in [3.05, 3.63) is 0 Å². The van der Waals surface area contributed by atoms with Gasteiger partial charge in [0.1, 0.15) is 0 Å². The SMILES string of the molecule is CC(CC1CCCC1)NCCOC(C)C. The zero-order valence-corrected chi connectivity index (χ0v) is 10.6. The summed E-state index contributed by atoms with van der Waals surface area (Å²) >= 11 is 0. The van der Waals surface area contributed by atoms with E-state index in [-0.39, 0.29) is 0 Å². The Labute approximate surface area is 94.8 Å². The van der Waals surface area contributed by atoms with E-state index in [9.17, 15) is 0 Å². The molecule has 1 fully saturated rings. The maximum atomic E-state index is 5.50. The van der Waals surface area contributed by atoms with Crippen molar-refractivity contribution in [3.63, 3.8) is 0 Å². The second-order valence-electron chi connectivity index (χ2n) is 5.16. The summed E-state index contributed by atoms with van der Waals surface area (Å²) in [5.41, 5.74) is 0. The highest BCUT2D eigenvalue weighted by Gasteiger charge is 2.17. The third kappa shape index (κ3) is 6.16. The molecule has 0 aromatic rings. The molecule has 1 aliphatic carbocycles. The Bertz CT molecular complexity index is 153. The van der Waals surface area contributed by atoms with Gasteiger partial charge in [0.2, 0.25) is 0 Å². The van der Waals surface area contributed by atoms with Gasteiger partial charge in [-0.15, -0.1) is 0 Å². The van der Waals surface area contributed by atoms with Crippen LogP contribution >= 0.6 is 0 Å². The third-order valence-electron chi connectivity index (χ3n) is 3.21. The van der Waals surface area contributed by atoms with Gasteiger partial charge < -0.3 is 10.1 Å². The molecule has 0 aromatic heterocycles. The zero-order valence-electron chi connectivity index (χ0n) is 10.6. The fraction of sp³-hybridized carbons (Fsp3) is 1.00. The molecule has 0 spiro atoms. The molecule has 1 aliphatic rings. The molecule has 15 heavy (non-hydrogen) atoms. The van der Waals surface area contributed by atoms with Crippen molar-refractivity contribution in [1.82, 2.24) is 5.32 Å². The van der Waals surface area contributed by atoms with Crippen molar-refractivity contribution >= 4 is 0 Å². The average Bonchev–Trinajstić information content (AvgIpc) is 2.64. The minimum Gasteiger partial charge on any atom is -0.377 e. The summed E-state index contributed by atoms with van der Waals surface area (Å²) in [6, 6.07) is 0.656. The Kier molecular flexibility index (Phi) is 6.26. The van der Waals surface area contributed by atoms with E-state index in [1.54, 1.807) is 0 Å². The molecule has 0 amide bonds. The maximum absolute atomic E-state index is 5.50. The summed E-state index contributed by atoms with van der Waals surface area (Å²) in [7, 11) is 0. The van der Waals surface area contributed by atoms with Crippen molar-refractivity contribution in [2.75, 3.05) is 13.2 Å². The van der Waals surface area contributed by atoms with E-state index in [1.807, 2.05) is 0 Å². The maximum Gasteiger partial charge on any atom is 0.0594 e. The lowest BCUT2D eigenvalue weighted by Crippen LogP contribution is -2.31. The van der Waals surface area contributed by atoms with Crippen LogP contribution in [-0.4, -0.2) is 25.3 Å². The van der Waals surface area contributed by atoms with Crippen LogP contribution in [0.2, 0.25) is 0 Å². The zero-order chi connectivity index (χ0) is 11.1. The second kappa shape index (κ2) is 7.24. The molecule has 0 heterocycles. The summed E-state index contributed by atoms with van der Waals surface area (Å²) in [5, 5.41) is 3.54. The van der Waals surface area contributed by atoms with Gasteiger partial charge >= 0.3 is 0 Å². The molecule has 0 aromatic carbocycles. The molecule has 2 heteroatoms. The Balaban J connectivity index is 1.95. The molecule has 1 saturated carbocycles. The molecule has 0 aliphatic heterocycles. The number of rotatable bonds is 7. The van der Waals surface area contributed by atoms with E-state index in [4.69, 9.17) is 4.74 Å². The number of hydrogen-bond donors (Lipinski definition) is 1. The smallest absolute Gasteiger partial charge is 0.0594 e. The molecule has 0 radical (unpaired) electrons. The first-order chi connectivity index (χ1) is 7.18. The Morgan fingerprint density at radius 2 is 1.87 bits per heavy atom. The van der Waals surface area contributed by atoms with E-state index in [1.165, 1.54) is 32.1 Å². The van der Waals surface area contributed by atoms with Gasteiger partial charge in [-0.1, -0.05) is 25.7 Å². The van der Waals surface area contributed by atoms with Crippen LogP contribution in [0.1, 0.15) is 52.9 Å². The van der Waals surface area contributed by atoms with E-state index in [0.717, 1.165) is 19.1 Å². The molecule has 0 bridgehead atoms. The van der Waals surface area contributed by atoms with Gasteiger partial charge in [-0.3, -0.25) is 0 Å². The molecule has 1 atom stereocenters. The van der Waals surface area contributed by atoms with Crippen LogP contribution < -0.4 is 5.32 Å². The molecule has 1 N–H and O–H groups in total. The normalized spacial score (nSPS) is 20.0. The summed E-state index contributed by atoms with van der Waals surface area (Å²) in [4.78, 5) is 0. The molecular weight excluding hydrogens is 186 g/mol. The first kappa shape index (κ1) is 13.0. The van der Waals surface area contributed by atoms with E-state index in [0.29, 0.717) is 12.1 Å². The molecule has 90 valence electrons. The molecular formula is C13H27NO. The Morgan fingerprint density at radius 1 is 1.20 bits per heavy atom. The van der Waals surface area contributed by atoms with Crippen molar-refractivity contribution in [2.45, 2.75) is 65.0 Å². The molecule has 0 saturated heterocycles. The van der Waals surface area contributed by atoms with Gasteiger partial charge in [0, 0.05) is 12.6 Å². The lowest BCUT2D eigenvalue weighted by Gasteiger charge is -2.18. The van der Waals surface area contributed by atoms with Crippen molar-refractivity contribution < 1.29 is 4.74 Å². The first-order valence-corrected chi connectivity index (χ1v) is 6.53. The van der Waals surface area contributed by atoms with Gasteiger partial charge in [-0.25, -0.2) is 0 Å². The molecule has 2 nitrogen and oxygen atoms in total. The van der Waals surface area contributed by atoms with E-state index < -0.39 is 0 Å². The number of ether oxygens (including phenoxy) is 1. The minimum atomic E-state index is 0.358. The quantitative estimate of drug-likeness (QED) is 0.656. The topological polar surface area (TPSA) is 21.3 Å². The van der Waals surface area contributed by atoms with Crippen molar-refractivity contribution in [3.8, 4) is 0 Å². The van der Waals surface area contributed by atoms with E-state index in [2.05, 4.69) is 26.1 Å². The summed E-state index contributed by atoms with van der Waals surface area (Å²) in [6.45, 7) is 8.30. The predicted molar refractivity (Wildman–Crippen MR) is 65.1 cm³/mol. The highest BCUT2D eigenvalue weighted by atomic mass is 16.5. The van der Waals surface area contributed by atoms with Crippen LogP contribution in [0.3, 0.4) is 0 Å². The second-order valence-corrected chi connectivity index (χ2v) is 5.16. The predicted octanol–water partition coefficient (Wildman–Crippen LogP) is 2.97.